The third kappa shape index (κ3) is 5.44. The maximum Gasteiger partial charge on any atom is 0.295 e. The molecule has 3 aromatic rings. The van der Waals surface area contributed by atoms with E-state index in [-0.39, 0.29) is 11.3 Å². The van der Waals surface area contributed by atoms with Crippen LogP contribution in [0.4, 0.5) is 0 Å². The molecule has 4 rings (SSSR count). The molecule has 1 aliphatic heterocycles. The number of ketones is 1. The molecule has 1 aliphatic rings. The number of aryl methyl sites for hydroxylation is 1. The topological polar surface area (TPSA) is 70.1 Å². The summed E-state index contributed by atoms with van der Waals surface area (Å²) in [4.78, 5) is 29.5. The van der Waals surface area contributed by atoms with E-state index in [4.69, 9.17) is 4.74 Å². The molecule has 1 saturated heterocycles. The molecule has 0 aliphatic carbocycles. The van der Waals surface area contributed by atoms with Crippen molar-refractivity contribution in [2.45, 2.75) is 19.6 Å². The standard InChI is InChI=1S/C29H30N2O4/c1-20-8-7-9-21(18-20)19-35-24-14-12-23(13-15-24)27(32)25-26(22-10-5-4-6-11-22)31(17-16-30(2)3)29(34)28(25)33/h4-15,18,26,32H,16-17,19H2,1-3H3. The summed E-state index contributed by atoms with van der Waals surface area (Å²) in [6.45, 7) is 3.44. The number of amides is 1. The van der Waals surface area contributed by atoms with Crippen LogP contribution in [0.15, 0.2) is 84.4 Å². The number of aliphatic hydroxyl groups excluding tert-OH is 1. The van der Waals surface area contributed by atoms with Gasteiger partial charge in [-0.2, -0.15) is 0 Å². The van der Waals surface area contributed by atoms with E-state index in [1.807, 2.05) is 74.4 Å². The Balaban J connectivity index is 1.62. The van der Waals surface area contributed by atoms with Gasteiger partial charge in [-0.1, -0.05) is 60.2 Å². The fraction of sp³-hybridized carbons (Fsp3) is 0.241. The predicted molar refractivity (Wildman–Crippen MR) is 136 cm³/mol. The molecule has 35 heavy (non-hydrogen) atoms. The second-order valence-corrected chi connectivity index (χ2v) is 9.01. The van der Waals surface area contributed by atoms with Gasteiger partial charge in [-0.15, -0.1) is 0 Å². The van der Waals surface area contributed by atoms with Gasteiger partial charge in [0, 0.05) is 18.7 Å². The number of ether oxygens (including phenoxy) is 1. The van der Waals surface area contributed by atoms with Crippen LogP contribution in [0.25, 0.3) is 5.76 Å². The third-order valence-corrected chi connectivity index (χ3v) is 6.06. The lowest BCUT2D eigenvalue weighted by atomic mass is 9.95. The number of benzene rings is 3. The molecule has 6 heteroatoms. The maximum atomic E-state index is 13.1. The van der Waals surface area contributed by atoms with Gasteiger partial charge in [0.15, 0.2) is 0 Å². The monoisotopic (exact) mass is 470 g/mol. The van der Waals surface area contributed by atoms with Crippen molar-refractivity contribution in [1.29, 1.82) is 0 Å². The SMILES string of the molecule is Cc1cccc(COc2ccc(C(O)=C3C(=O)C(=O)N(CCN(C)C)C3c3ccccc3)cc2)c1. The Hall–Kier alpha value is -3.90. The van der Waals surface area contributed by atoms with E-state index in [0.29, 0.717) is 31.0 Å². The Labute approximate surface area is 206 Å². The molecule has 180 valence electrons. The molecule has 6 nitrogen and oxygen atoms in total. The molecule has 1 atom stereocenters. The number of carbonyl (C=O) groups is 2. The van der Waals surface area contributed by atoms with Crippen LogP contribution in [-0.2, 0) is 16.2 Å². The zero-order valence-corrected chi connectivity index (χ0v) is 20.3. The molecule has 0 spiro atoms. The van der Waals surface area contributed by atoms with E-state index in [0.717, 1.165) is 11.1 Å². The summed E-state index contributed by atoms with van der Waals surface area (Å²) in [5, 5.41) is 11.2. The zero-order chi connectivity index (χ0) is 24.9. The molecule has 1 amide bonds. The van der Waals surface area contributed by atoms with Gasteiger partial charge in [-0.25, -0.2) is 0 Å². The van der Waals surface area contributed by atoms with Crippen LogP contribution < -0.4 is 4.74 Å². The predicted octanol–water partition coefficient (Wildman–Crippen LogP) is 4.56. The minimum atomic E-state index is -0.671. The van der Waals surface area contributed by atoms with Crippen molar-refractivity contribution in [1.82, 2.24) is 9.80 Å². The summed E-state index contributed by atoms with van der Waals surface area (Å²) in [6, 6.07) is 23.7. The molecule has 1 unspecified atom stereocenters. The van der Waals surface area contributed by atoms with E-state index in [1.54, 1.807) is 29.2 Å². The second kappa shape index (κ2) is 10.6. The van der Waals surface area contributed by atoms with Crippen LogP contribution >= 0.6 is 0 Å². The molecule has 1 heterocycles. The fourth-order valence-electron chi connectivity index (χ4n) is 4.23. The second-order valence-electron chi connectivity index (χ2n) is 9.01. The molecule has 0 bridgehead atoms. The van der Waals surface area contributed by atoms with Gasteiger partial charge >= 0.3 is 0 Å². The number of likely N-dealkylation sites (N-methyl/N-ethyl adjacent to an activating group) is 1. The normalized spacial score (nSPS) is 17.3. The van der Waals surface area contributed by atoms with Crippen molar-refractivity contribution in [2.75, 3.05) is 27.2 Å². The van der Waals surface area contributed by atoms with E-state index >= 15 is 0 Å². The van der Waals surface area contributed by atoms with Crippen molar-refractivity contribution in [3.63, 3.8) is 0 Å². The number of likely N-dealkylation sites (tertiary alicyclic amines) is 1. The number of hydrogen-bond acceptors (Lipinski definition) is 5. The molecule has 0 aromatic heterocycles. The lowest BCUT2D eigenvalue weighted by Crippen LogP contribution is -2.35. The van der Waals surface area contributed by atoms with Crippen molar-refractivity contribution in [3.05, 3.63) is 107 Å². The number of aliphatic hydroxyl groups is 1. The summed E-state index contributed by atoms with van der Waals surface area (Å²) in [7, 11) is 3.83. The number of Topliss-reactive ketones (excluding diaryl/α,β-unsaturated/α-hetero) is 1. The highest BCUT2D eigenvalue weighted by molar-refractivity contribution is 6.46. The average Bonchev–Trinajstić information content (AvgIpc) is 3.11. The first-order valence-corrected chi connectivity index (χ1v) is 11.6. The molecule has 1 fully saturated rings. The minimum absolute atomic E-state index is 0.105. The zero-order valence-electron chi connectivity index (χ0n) is 20.3. The number of hydrogen-bond donors (Lipinski definition) is 1. The van der Waals surface area contributed by atoms with Gasteiger partial charge in [0.1, 0.15) is 18.1 Å². The Morgan fingerprint density at radius 2 is 1.69 bits per heavy atom. The summed E-state index contributed by atoms with van der Waals surface area (Å²) < 4.78 is 5.88. The van der Waals surface area contributed by atoms with Crippen LogP contribution in [0.2, 0.25) is 0 Å². The highest BCUT2D eigenvalue weighted by Crippen LogP contribution is 2.39. The van der Waals surface area contributed by atoms with Crippen LogP contribution in [0, 0.1) is 6.92 Å². The van der Waals surface area contributed by atoms with Gasteiger partial charge in [0.25, 0.3) is 11.7 Å². The molecule has 0 radical (unpaired) electrons. The first kappa shape index (κ1) is 24.2. The fourth-order valence-corrected chi connectivity index (χ4v) is 4.23. The van der Waals surface area contributed by atoms with Crippen molar-refractivity contribution >= 4 is 17.4 Å². The van der Waals surface area contributed by atoms with Gasteiger partial charge in [-0.05, 0) is 56.4 Å². The molecule has 0 saturated carbocycles. The van der Waals surface area contributed by atoms with Crippen LogP contribution in [-0.4, -0.2) is 53.8 Å². The lowest BCUT2D eigenvalue weighted by molar-refractivity contribution is -0.140. The molecule has 1 N–H and O–H groups in total. The summed E-state index contributed by atoms with van der Waals surface area (Å²) >= 11 is 0. The highest BCUT2D eigenvalue weighted by atomic mass is 16.5. The van der Waals surface area contributed by atoms with Gasteiger partial charge in [-0.3, -0.25) is 9.59 Å². The van der Waals surface area contributed by atoms with E-state index in [1.165, 1.54) is 5.56 Å². The van der Waals surface area contributed by atoms with Crippen molar-refractivity contribution in [2.24, 2.45) is 0 Å². The summed E-state index contributed by atoms with van der Waals surface area (Å²) in [6.07, 6.45) is 0. The van der Waals surface area contributed by atoms with E-state index < -0.39 is 17.7 Å². The van der Waals surface area contributed by atoms with Gasteiger partial charge < -0.3 is 19.6 Å². The average molecular weight is 471 g/mol. The van der Waals surface area contributed by atoms with E-state index in [2.05, 4.69) is 6.07 Å². The first-order valence-electron chi connectivity index (χ1n) is 11.6. The largest absolute Gasteiger partial charge is 0.507 e. The number of carbonyl (C=O) groups excluding carboxylic acids is 2. The van der Waals surface area contributed by atoms with Crippen molar-refractivity contribution in [3.8, 4) is 5.75 Å². The highest BCUT2D eigenvalue weighted by Gasteiger charge is 2.45. The number of nitrogens with zero attached hydrogens (tertiary/aromatic N) is 2. The lowest BCUT2D eigenvalue weighted by Gasteiger charge is -2.26. The quantitative estimate of drug-likeness (QED) is 0.297. The molecule has 3 aromatic carbocycles. The number of rotatable bonds is 8. The summed E-state index contributed by atoms with van der Waals surface area (Å²) in [5.74, 6) is -0.806. The van der Waals surface area contributed by atoms with Crippen LogP contribution in [0.1, 0.15) is 28.3 Å². The van der Waals surface area contributed by atoms with Gasteiger partial charge in [0.05, 0.1) is 11.6 Å². The third-order valence-electron chi connectivity index (χ3n) is 6.06. The molecular weight excluding hydrogens is 440 g/mol. The summed E-state index contributed by atoms with van der Waals surface area (Å²) in [5.41, 5.74) is 3.58. The van der Waals surface area contributed by atoms with Crippen molar-refractivity contribution < 1.29 is 19.4 Å². The first-order chi connectivity index (χ1) is 16.8. The van der Waals surface area contributed by atoms with E-state index in [9.17, 15) is 14.7 Å². The smallest absolute Gasteiger partial charge is 0.295 e. The Kier molecular flexibility index (Phi) is 7.32. The minimum Gasteiger partial charge on any atom is -0.507 e. The van der Waals surface area contributed by atoms with Gasteiger partial charge in [0.2, 0.25) is 0 Å². The van der Waals surface area contributed by atoms with Crippen LogP contribution in [0.3, 0.4) is 0 Å². The molecular formula is C29H30N2O4. The Morgan fingerprint density at radius 3 is 2.34 bits per heavy atom. The Bertz CT molecular complexity index is 1230. The van der Waals surface area contributed by atoms with Crippen LogP contribution in [0.5, 0.6) is 5.75 Å². The Morgan fingerprint density at radius 1 is 0.971 bits per heavy atom. The maximum absolute atomic E-state index is 13.1.